The molecule has 0 saturated carbocycles. The van der Waals surface area contributed by atoms with Crippen molar-refractivity contribution in [3.63, 3.8) is 0 Å². The van der Waals surface area contributed by atoms with Crippen molar-refractivity contribution in [1.82, 2.24) is 0 Å². The van der Waals surface area contributed by atoms with E-state index in [1.165, 1.54) is 6.08 Å². The molecule has 0 atom stereocenters. The summed E-state index contributed by atoms with van der Waals surface area (Å²) in [5.41, 5.74) is 2.64. The highest BCUT2D eigenvalue weighted by atomic mass is 16.6. The number of rotatable bonds is 3. The summed E-state index contributed by atoms with van der Waals surface area (Å²) in [7, 11) is 1.62. The first kappa shape index (κ1) is 15.7. The summed E-state index contributed by atoms with van der Waals surface area (Å²) in [5, 5.41) is 0. The Morgan fingerprint density at radius 3 is 2.13 bits per heavy atom. The summed E-state index contributed by atoms with van der Waals surface area (Å²) in [5.74, 6) is 1.78. The Kier molecular flexibility index (Phi) is 3.96. The molecule has 2 aliphatic rings. The fourth-order valence-electron chi connectivity index (χ4n) is 2.99. The molecular weight excluding hydrogens is 296 g/mol. The van der Waals surface area contributed by atoms with E-state index in [0.29, 0.717) is 19.0 Å². The molecule has 0 N–H and O–H groups in total. The van der Waals surface area contributed by atoms with Crippen LogP contribution in [-0.2, 0) is 22.4 Å². The lowest BCUT2D eigenvalue weighted by Gasteiger charge is -2.18. The zero-order valence-corrected chi connectivity index (χ0v) is 14.0. The van der Waals surface area contributed by atoms with Crippen LogP contribution in [-0.4, -0.2) is 31.9 Å². The fourth-order valence-corrected chi connectivity index (χ4v) is 2.99. The lowest BCUT2D eigenvalue weighted by molar-refractivity contribution is -0.148. The zero-order chi connectivity index (χ0) is 16.6. The molecule has 1 aromatic carbocycles. The van der Waals surface area contributed by atoms with Crippen LogP contribution in [0.5, 0.6) is 17.2 Å². The largest absolute Gasteiger partial charge is 0.490 e. The number of esters is 1. The number of hydrogen-bond acceptors (Lipinski definition) is 5. The topological polar surface area (TPSA) is 54.0 Å². The minimum Gasteiger partial charge on any atom is -0.490 e. The molecule has 1 aromatic rings. The molecule has 124 valence electrons. The third-order valence-corrected chi connectivity index (χ3v) is 3.80. The molecule has 0 fully saturated rings. The summed E-state index contributed by atoms with van der Waals surface area (Å²) in [6.45, 7) is 6.78. The van der Waals surface area contributed by atoms with E-state index in [1.54, 1.807) is 7.11 Å². The van der Waals surface area contributed by atoms with E-state index >= 15 is 0 Å². The van der Waals surface area contributed by atoms with Gasteiger partial charge in [0.25, 0.3) is 0 Å². The quantitative estimate of drug-likeness (QED) is 0.633. The predicted molar refractivity (Wildman–Crippen MR) is 86.3 cm³/mol. The summed E-state index contributed by atoms with van der Waals surface area (Å²) in [6.07, 6.45) is 4.89. The Hall–Kier alpha value is -2.17. The molecule has 0 radical (unpaired) electrons. The smallest absolute Gasteiger partial charge is 0.331 e. The minimum atomic E-state index is -0.503. The van der Waals surface area contributed by atoms with Gasteiger partial charge >= 0.3 is 5.97 Å². The lowest BCUT2D eigenvalue weighted by Crippen LogP contribution is -2.22. The summed E-state index contributed by atoms with van der Waals surface area (Å²) >= 11 is 0. The SMILES string of the molecule is COc1c2c(c(/C=C/C(=O)OC(C)(C)C)c3c1OCC3)CCO2. The number of hydrogen-bond donors (Lipinski definition) is 0. The van der Waals surface area contributed by atoms with Crippen molar-refractivity contribution in [2.24, 2.45) is 0 Å². The van der Waals surface area contributed by atoms with Gasteiger partial charge in [-0.05, 0) is 32.4 Å². The van der Waals surface area contributed by atoms with Crippen LogP contribution in [0.1, 0.15) is 37.5 Å². The number of fused-ring (bicyclic) bond motifs is 2. The third kappa shape index (κ3) is 3.00. The van der Waals surface area contributed by atoms with Gasteiger partial charge in [-0.2, -0.15) is 0 Å². The van der Waals surface area contributed by atoms with Crippen LogP contribution in [0.3, 0.4) is 0 Å². The van der Waals surface area contributed by atoms with E-state index in [-0.39, 0.29) is 5.97 Å². The van der Waals surface area contributed by atoms with Gasteiger partial charge in [0.05, 0.1) is 20.3 Å². The Balaban J connectivity index is 1.99. The van der Waals surface area contributed by atoms with Gasteiger partial charge in [0.15, 0.2) is 11.5 Å². The minimum absolute atomic E-state index is 0.353. The highest BCUT2D eigenvalue weighted by molar-refractivity contribution is 5.89. The second kappa shape index (κ2) is 5.80. The van der Waals surface area contributed by atoms with E-state index in [4.69, 9.17) is 18.9 Å². The van der Waals surface area contributed by atoms with Gasteiger partial charge in [0, 0.05) is 30.0 Å². The van der Waals surface area contributed by atoms with Gasteiger partial charge in [0.1, 0.15) is 5.60 Å². The van der Waals surface area contributed by atoms with Gasteiger partial charge < -0.3 is 18.9 Å². The van der Waals surface area contributed by atoms with Gasteiger partial charge in [-0.25, -0.2) is 4.79 Å². The summed E-state index contributed by atoms with van der Waals surface area (Å²) in [4.78, 5) is 12.0. The Labute approximate surface area is 136 Å². The summed E-state index contributed by atoms with van der Waals surface area (Å²) in [6, 6.07) is 0. The van der Waals surface area contributed by atoms with Gasteiger partial charge in [-0.15, -0.1) is 0 Å². The zero-order valence-electron chi connectivity index (χ0n) is 14.0. The number of methoxy groups -OCH3 is 1. The molecule has 2 heterocycles. The normalized spacial score (nSPS) is 15.8. The second-order valence-electron chi connectivity index (χ2n) is 6.63. The molecule has 0 saturated heterocycles. The highest BCUT2D eigenvalue weighted by Crippen LogP contribution is 2.50. The average molecular weight is 318 g/mol. The average Bonchev–Trinajstić information content (AvgIpc) is 3.10. The standard InChI is InChI=1S/C18H22O5/c1-18(2,3)23-14(19)6-5-11-12-7-9-21-15(12)17(20-4)16-13(11)8-10-22-16/h5-6H,7-10H2,1-4H3/b6-5+. The van der Waals surface area contributed by atoms with Crippen LogP contribution >= 0.6 is 0 Å². The maximum atomic E-state index is 12.0. The first-order valence-corrected chi connectivity index (χ1v) is 7.83. The van der Waals surface area contributed by atoms with Gasteiger partial charge in [0.2, 0.25) is 5.75 Å². The van der Waals surface area contributed by atoms with Crippen LogP contribution in [0.4, 0.5) is 0 Å². The van der Waals surface area contributed by atoms with Gasteiger partial charge in [-0.3, -0.25) is 0 Å². The molecule has 23 heavy (non-hydrogen) atoms. The molecule has 2 aliphatic heterocycles. The maximum Gasteiger partial charge on any atom is 0.331 e. The number of ether oxygens (including phenoxy) is 4. The Bertz CT molecular complexity index is 632. The van der Waals surface area contributed by atoms with E-state index in [0.717, 1.165) is 41.0 Å². The molecule has 0 aromatic heterocycles. The predicted octanol–water partition coefficient (Wildman–Crippen LogP) is 2.92. The number of carbonyl (C=O) groups is 1. The van der Waals surface area contributed by atoms with Crippen molar-refractivity contribution >= 4 is 12.0 Å². The van der Waals surface area contributed by atoms with Crippen molar-refractivity contribution in [1.29, 1.82) is 0 Å². The van der Waals surface area contributed by atoms with Crippen LogP contribution in [0, 0.1) is 0 Å². The Morgan fingerprint density at radius 2 is 1.65 bits per heavy atom. The molecule has 0 aliphatic carbocycles. The van der Waals surface area contributed by atoms with Crippen LogP contribution in [0.25, 0.3) is 6.08 Å². The molecule has 0 unspecified atom stereocenters. The third-order valence-electron chi connectivity index (χ3n) is 3.80. The first-order valence-electron chi connectivity index (χ1n) is 7.83. The first-order chi connectivity index (χ1) is 10.9. The van der Waals surface area contributed by atoms with E-state index in [1.807, 2.05) is 26.8 Å². The van der Waals surface area contributed by atoms with Gasteiger partial charge in [-0.1, -0.05) is 0 Å². The molecule has 0 bridgehead atoms. The van der Waals surface area contributed by atoms with E-state index in [9.17, 15) is 4.79 Å². The fraction of sp³-hybridized carbons (Fsp3) is 0.500. The number of carbonyl (C=O) groups excluding carboxylic acids is 1. The molecule has 5 nitrogen and oxygen atoms in total. The molecule has 5 heteroatoms. The van der Waals surface area contributed by atoms with Crippen LogP contribution < -0.4 is 14.2 Å². The molecular formula is C18H22O5. The molecule has 0 amide bonds. The summed E-state index contributed by atoms with van der Waals surface area (Å²) < 4.78 is 22.2. The van der Waals surface area contributed by atoms with Crippen molar-refractivity contribution in [3.05, 3.63) is 22.8 Å². The van der Waals surface area contributed by atoms with Crippen LogP contribution in [0.2, 0.25) is 0 Å². The molecule has 0 spiro atoms. The molecule has 3 rings (SSSR count). The van der Waals surface area contributed by atoms with Crippen molar-refractivity contribution < 1.29 is 23.7 Å². The lowest BCUT2D eigenvalue weighted by atomic mass is 9.96. The van der Waals surface area contributed by atoms with Crippen molar-refractivity contribution in [2.45, 2.75) is 39.2 Å². The van der Waals surface area contributed by atoms with Crippen molar-refractivity contribution in [2.75, 3.05) is 20.3 Å². The van der Waals surface area contributed by atoms with E-state index < -0.39 is 5.60 Å². The van der Waals surface area contributed by atoms with E-state index in [2.05, 4.69) is 0 Å². The number of benzene rings is 1. The Morgan fingerprint density at radius 1 is 1.09 bits per heavy atom. The van der Waals surface area contributed by atoms with Crippen LogP contribution in [0.15, 0.2) is 6.08 Å². The highest BCUT2D eigenvalue weighted by Gasteiger charge is 2.31. The maximum absolute atomic E-state index is 12.0. The monoisotopic (exact) mass is 318 g/mol. The second-order valence-corrected chi connectivity index (χ2v) is 6.63. The van der Waals surface area contributed by atoms with Crippen molar-refractivity contribution in [3.8, 4) is 17.2 Å².